The number of hydrogen-bond acceptors (Lipinski definition) is 4. The Hall–Kier alpha value is -1.62. The van der Waals surface area contributed by atoms with Crippen LogP contribution in [0.1, 0.15) is 42.7 Å². The van der Waals surface area contributed by atoms with Crippen LogP contribution in [0.25, 0.3) is 0 Å². The van der Waals surface area contributed by atoms with Crippen LogP contribution in [0.15, 0.2) is 40.6 Å². The number of nitrogens with one attached hydrogen (secondary N) is 1. The molecule has 1 atom stereocenters. The van der Waals surface area contributed by atoms with E-state index in [9.17, 15) is 26.4 Å². The molecule has 0 spiro atoms. The van der Waals surface area contributed by atoms with Gasteiger partial charge in [-0.05, 0) is 48.9 Å². The number of halogens is 4. The van der Waals surface area contributed by atoms with Crippen LogP contribution in [0.3, 0.4) is 0 Å². The van der Waals surface area contributed by atoms with E-state index in [0.717, 1.165) is 27.7 Å². The summed E-state index contributed by atoms with van der Waals surface area (Å²) in [6, 6.07) is 6.34. The quantitative estimate of drug-likeness (QED) is 0.608. The average molecular weight is 495 g/mol. The van der Waals surface area contributed by atoms with Crippen molar-refractivity contribution >= 4 is 38.9 Å². The summed E-state index contributed by atoms with van der Waals surface area (Å²) in [5, 5.41) is 4.40. The van der Waals surface area contributed by atoms with E-state index in [2.05, 4.69) is 5.32 Å². The van der Waals surface area contributed by atoms with Crippen molar-refractivity contribution in [3.05, 3.63) is 51.2 Å². The predicted molar refractivity (Wildman–Crippen MR) is 113 cm³/mol. The third-order valence-corrected chi connectivity index (χ3v) is 8.53. The van der Waals surface area contributed by atoms with Gasteiger partial charge in [-0.2, -0.15) is 17.5 Å². The van der Waals surface area contributed by atoms with E-state index >= 15 is 0 Å². The first-order valence-corrected chi connectivity index (χ1v) is 12.4. The molecule has 11 heteroatoms. The molecule has 3 rings (SSSR count). The van der Waals surface area contributed by atoms with Gasteiger partial charge in [0, 0.05) is 23.9 Å². The van der Waals surface area contributed by atoms with Gasteiger partial charge < -0.3 is 5.32 Å². The van der Waals surface area contributed by atoms with Gasteiger partial charge in [-0.25, -0.2) is 8.42 Å². The zero-order valence-corrected chi connectivity index (χ0v) is 19.0. The number of carbonyl (C=O) groups is 1. The first-order chi connectivity index (χ1) is 14.5. The van der Waals surface area contributed by atoms with Crippen LogP contribution in [0, 0.1) is 5.92 Å². The summed E-state index contributed by atoms with van der Waals surface area (Å²) < 4.78 is 66.1. The van der Waals surface area contributed by atoms with Crippen LogP contribution in [0.4, 0.5) is 13.2 Å². The van der Waals surface area contributed by atoms with Crippen molar-refractivity contribution in [1.29, 1.82) is 0 Å². The number of nitrogens with zero attached hydrogens (tertiary/aromatic N) is 1. The molecule has 1 fully saturated rings. The maximum absolute atomic E-state index is 13.1. The zero-order chi connectivity index (χ0) is 22.8. The molecule has 1 saturated heterocycles. The van der Waals surface area contributed by atoms with Gasteiger partial charge in [0.1, 0.15) is 0 Å². The maximum atomic E-state index is 13.1. The van der Waals surface area contributed by atoms with E-state index in [-0.39, 0.29) is 31.0 Å². The second-order valence-electron chi connectivity index (χ2n) is 7.30. The highest BCUT2D eigenvalue weighted by Gasteiger charge is 2.37. The molecule has 2 heterocycles. The lowest BCUT2D eigenvalue weighted by Gasteiger charge is -2.31. The van der Waals surface area contributed by atoms with Crippen molar-refractivity contribution in [3.8, 4) is 0 Å². The molecule has 31 heavy (non-hydrogen) atoms. The Morgan fingerprint density at radius 2 is 1.97 bits per heavy atom. The summed E-state index contributed by atoms with van der Waals surface area (Å²) >= 11 is 7.15. The number of amides is 1. The van der Waals surface area contributed by atoms with Crippen molar-refractivity contribution in [2.45, 2.75) is 43.3 Å². The summed E-state index contributed by atoms with van der Waals surface area (Å²) in [6.45, 7) is 2.08. The molecular weight excluding hydrogens is 473 g/mol. The van der Waals surface area contributed by atoms with Crippen LogP contribution in [-0.2, 0) is 21.0 Å². The summed E-state index contributed by atoms with van der Waals surface area (Å²) in [5.41, 5.74) is -1.19. The largest absolute Gasteiger partial charge is 0.417 e. The van der Waals surface area contributed by atoms with Gasteiger partial charge in [0.2, 0.25) is 15.9 Å². The second-order valence-corrected chi connectivity index (χ2v) is 10.6. The van der Waals surface area contributed by atoms with E-state index in [1.54, 1.807) is 11.3 Å². The molecule has 170 valence electrons. The average Bonchev–Trinajstić information content (AvgIpc) is 3.26. The van der Waals surface area contributed by atoms with Crippen LogP contribution in [0.2, 0.25) is 5.02 Å². The number of piperidine rings is 1. The predicted octanol–water partition coefficient (Wildman–Crippen LogP) is 5.09. The lowest BCUT2D eigenvalue weighted by molar-refractivity contribution is -0.137. The number of carbonyl (C=O) groups excluding carboxylic acids is 1. The van der Waals surface area contributed by atoms with Gasteiger partial charge in [0.25, 0.3) is 0 Å². The Morgan fingerprint density at radius 1 is 1.29 bits per heavy atom. The summed E-state index contributed by atoms with van der Waals surface area (Å²) in [4.78, 5) is 13.3. The lowest BCUT2D eigenvalue weighted by Crippen LogP contribution is -2.43. The molecule has 1 aliphatic heterocycles. The minimum Gasteiger partial charge on any atom is -0.348 e. The minimum absolute atomic E-state index is 0.0557. The Labute approximate surface area is 188 Å². The van der Waals surface area contributed by atoms with E-state index in [1.807, 2.05) is 24.4 Å². The van der Waals surface area contributed by atoms with Gasteiger partial charge in [-0.1, -0.05) is 24.6 Å². The van der Waals surface area contributed by atoms with Crippen LogP contribution in [0.5, 0.6) is 0 Å². The van der Waals surface area contributed by atoms with Crippen LogP contribution < -0.4 is 5.32 Å². The van der Waals surface area contributed by atoms with Crippen molar-refractivity contribution in [2.24, 2.45) is 5.92 Å². The molecular formula is C20H22ClF3N2O3S2. The molecule has 1 amide bonds. The first-order valence-electron chi connectivity index (χ1n) is 9.74. The van der Waals surface area contributed by atoms with Crippen molar-refractivity contribution in [2.75, 3.05) is 13.1 Å². The third kappa shape index (κ3) is 5.42. The fourth-order valence-electron chi connectivity index (χ4n) is 3.54. The lowest BCUT2D eigenvalue weighted by atomic mass is 9.96. The van der Waals surface area contributed by atoms with E-state index in [0.29, 0.717) is 18.9 Å². The zero-order valence-electron chi connectivity index (χ0n) is 16.7. The topological polar surface area (TPSA) is 66.5 Å². The normalized spacial score (nSPS) is 17.5. The number of benzene rings is 1. The van der Waals surface area contributed by atoms with Gasteiger partial charge in [-0.15, -0.1) is 11.3 Å². The SMILES string of the molecule is CCC(NC(=O)C1CCN(S(=O)(=O)c2ccc(Cl)c(C(F)(F)F)c2)CC1)c1cccs1. The fraction of sp³-hybridized carbons (Fsp3) is 0.450. The summed E-state index contributed by atoms with van der Waals surface area (Å²) in [6.07, 6.45) is -3.43. The first kappa shape index (κ1) is 24.0. The number of thiophene rings is 1. The molecule has 0 saturated carbocycles. The molecule has 1 aromatic carbocycles. The number of hydrogen-bond donors (Lipinski definition) is 1. The monoisotopic (exact) mass is 494 g/mol. The smallest absolute Gasteiger partial charge is 0.348 e. The van der Waals surface area contributed by atoms with Gasteiger partial charge in [0.05, 0.1) is 21.5 Å². The summed E-state index contributed by atoms with van der Waals surface area (Å²) in [5.74, 6) is -0.487. The highest BCUT2D eigenvalue weighted by molar-refractivity contribution is 7.89. The van der Waals surface area contributed by atoms with E-state index < -0.39 is 31.7 Å². The Bertz CT molecular complexity index is 1020. The van der Waals surface area contributed by atoms with Crippen molar-refractivity contribution in [3.63, 3.8) is 0 Å². The maximum Gasteiger partial charge on any atom is 0.417 e. The van der Waals surface area contributed by atoms with Gasteiger partial charge in [-0.3, -0.25) is 4.79 Å². The molecule has 1 aliphatic rings. The molecule has 0 radical (unpaired) electrons. The molecule has 0 aliphatic carbocycles. The number of sulfonamides is 1. The minimum atomic E-state index is -4.76. The highest BCUT2D eigenvalue weighted by atomic mass is 35.5. The Balaban J connectivity index is 1.67. The van der Waals surface area contributed by atoms with Gasteiger partial charge >= 0.3 is 6.18 Å². The molecule has 0 bridgehead atoms. The van der Waals surface area contributed by atoms with Crippen LogP contribution >= 0.6 is 22.9 Å². The van der Waals surface area contributed by atoms with Crippen molar-refractivity contribution in [1.82, 2.24) is 9.62 Å². The molecule has 5 nitrogen and oxygen atoms in total. The molecule has 2 aromatic rings. The molecule has 1 N–H and O–H groups in total. The Morgan fingerprint density at radius 3 is 2.52 bits per heavy atom. The molecule has 1 aromatic heterocycles. The number of alkyl halides is 3. The second kappa shape index (κ2) is 9.48. The number of rotatable bonds is 6. The highest BCUT2D eigenvalue weighted by Crippen LogP contribution is 2.37. The Kier molecular flexibility index (Phi) is 7.35. The standard InChI is InChI=1S/C20H22ClF3N2O3S2/c1-2-17(18-4-3-11-30-18)25-19(27)13-7-9-26(10-8-13)31(28,29)14-5-6-16(21)15(12-14)20(22,23)24/h3-6,11-13,17H,2,7-10H2,1H3,(H,25,27). The van der Waals surface area contributed by atoms with E-state index in [1.165, 1.54) is 0 Å². The van der Waals surface area contributed by atoms with Crippen LogP contribution in [-0.4, -0.2) is 31.7 Å². The molecule has 1 unspecified atom stereocenters. The van der Waals surface area contributed by atoms with Gasteiger partial charge in [0.15, 0.2) is 0 Å². The third-order valence-electron chi connectivity index (χ3n) is 5.32. The van der Waals surface area contributed by atoms with E-state index in [4.69, 9.17) is 11.6 Å². The fourth-order valence-corrected chi connectivity index (χ4v) is 6.13. The van der Waals surface area contributed by atoms with Crippen molar-refractivity contribution < 1.29 is 26.4 Å². The summed E-state index contributed by atoms with van der Waals surface area (Å²) in [7, 11) is -4.13.